The van der Waals surface area contributed by atoms with Crippen molar-refractivity contribution >= 4 is 17.8 Å². The summed E-state index contributed by atoms with van der Waals surface area (Å²) in [7, 11) is 0. The van der Waals surface area contributed by atoms with E-state index in [1.807, 2.05) is 0 Å². The van der Waals surface area contributed by atoms with Gasteiger partial charge in [0, 0.05) is 19.6 Å². The van der Waals surface area contributed by atoms with E-state index in [4.69, 9.17) is 5.11 Å². The van der Waals surface area contributed by atoms with Gasteiger partial charge in [0.05, 0.1) is 12.6 Å². The normalized spacial score (nSPS) is 20.2. The molecule has 0 aromatic carbocycles. The van der Waals surface area contributed by atoms with E-state index in [0.29, 0.717) is 19.6 Å². The zero-order valence-electron chi connectivity index (χ0n) is 11.0. The predicted octanol–water partition coefficient (Wildman–Crippen LogP) is -1.09. The van der Waals surface area contributed by atoms with Gasteiger partial charge < -0.3 is 15.3 Å². The van der Waals surface area contributed by atoms with Crippen LogP contribution in [0.25, 0.3) is 0 Å². The van der Waals surface area contributed by atoms with Crippen molar-refractivity contribution in [3.63, 3.8) is 0 Å². The van der Waals surface area contributed by atoms with E-state index in [9.17, 15) is 14.4 Å². The lowest BCUT2D eigenvalue weighted by atomic mass is 10.1. The quantitative estimate of drug-likeness (QED) is 0.598. The largest absolute Gasteiger partial charge is 0.480 e. The molecule has 1 heterocycles. The maximum absolute atomic E-state index is 11.9. The summed E-state index contributed by atoms with van der Waals surface area (Å²) in [6, 6.07) is -0.484. The van der Waals surface area contributed by atoms with E-state index in [1.165, 1.54) is 4.90 Å². The number of carbonyl (C=O) groups is 3. The van der Waals surface area contributed by atoms with Gasteiger partial charge in [-0.25, -0.2) is 0 Å². The lowest BCUT2D eigenvalue weighted by Gasteiger charge is -2.37. The molecule has 0 aromatic rings. The van der Waals surface area contributed by atoms with Crippen molar-refractivity contribution < 1.29 is 19.5 Å². The Kier molecular flexibility index (Phi) is 5.50. The highest BCUT2D eigenvalue weighted by Gasteiger charge is 2.32. The number of aliphatic carboxylic acids is 1. The standard InChI is InChI=1S/C12H19N3O4/c1-3-4-13-10(16)7-14-5-6-15(8-11(17)18)12(19)9(14)2/h3,9H,1,4-8H2,2H3,(H,13,16)(H,17,18). The van der Waals surface area contributed by atoms with E-state index in [2.05, 4.69) is 11.9 Å². The molecule has 0 radical (unpaired) electrons. The number of nitrogens with one attached hydrogen (secondary N) is 1. The van der Waals surface area contributed by atoms with Crippen LogP contribution in [0.15, 0.2) is 12.7 Å². The van der Waals surface area contributed by atoms with Crippen molar-refractivity contribution in [2.75, 3.05) is 32.7 Å². The fourth-order valence-corrected chi connectivity index (χ4v) is 1.94. The maximum Gasteiger partial charge on any atom is 0.323 e. The number of rotatable bonds is 6. The average molecular weight is 269 g/mol. The highest BCUT2D eigenvalue weighted by Crippen LogP contribution is 2.10. The van der Waals surface area contributed by atoms with Gasteiger partial charge in [-0.2, -0.15) is 0 Å². The number of hydrogen-bond acceptors (Lipinski definition) is 4. The minimum atomic E-state index is -1.03. The molecule has 1 aliphatic rings. The van der Waals surface area contributed by atoms with Gasteiger partial charge in [-0.1, -0.05) is 6.08 Å². The van der Waals surface area contributed by atoms with Crippen LogP contribution in [0, 0.1) is 0 Å². The Balaban J connectivity index is 2.52. The van der Waals surface area contributed by atoms with Gasteiger partial charge in [0.2, 0.25) is 11.8 Å². The Bertz CT molecular complexity index is 383. The Morgan fingerprint density at radius 2 is 2.16 bits per heavy atom. The SMILES string of the molecule is C=CCNC(=O)CN1CCN(CC(=O)O)C(=O)C1C. The van der Waals surface area contributed by atoms with Crippen LogP contribution >= 0.6 is 0 Å². The molecule has 7 heteroatoms. The minimum absolute atomic E-state index is 0.127. The van der Waals surface area contributed by atoms with E-state index >= 15 is 0 Å². The summed E-state index contributed by atoms with van der Waals surface area (Å²) in [5, 5.41) is 11.3. The van der Waals surface area contributed by atoms with Crippen molar-refractivity contribution in [3.8, 4) is 0 Å². The summed E-state index contributed by atoms with van der Waals surface area (Å²) in [6.07, 6.45) is 1.58. The van der Waals surface area contributed by atoms with E-state index in [1.54, 1.807) is 17.9 Å². The van der Waals surface area contributed by atoms with Crippen LogP contribution in [0.3, 0.4) is 0 Å². The van der Waals surface area contributed by atoms with E-state index < -0.39 is 12.0 Å². The highest BCUT2D eigenvalue weighted by atomic mass is 16.4. The van der Waals surface area contributed by atoms with E-state index in [-0.39, 0.29) is 24.9 Å². The molecule has 1 aliphatic heterocycles. The van der Waals surface area contributed by atoms with Gasteiger partial charge in [-0.3, -0.25) is 19.3 Å². The molecule has 1 unspecified atom stereocenters. The van der Waals surface area contributed by atoms with Crippen molar-refractivity contribution in [2.45, 2.75) is 13.0 Å². The van der Waals surface area contributed by atoms with Crippen molar-refractivity contribution in [2.24, 2.45) is 0 Å². The molecule has 7 nitrogen and oxygen atoms in total. The molecule has 0 bridgehead atoms. The third-order valence-corrected chi connectivity index (χ3v) is 2.99. The molecule has 106 valence electrons. The molecule has 1 saturated heterocycles. The number of hydrogen-bond donors (Lipinski definition) is 2. The first-order valence-corrected chi connectivity index (χ1v) is 6.08. The molecule has 0 aromatic heterocycles. The third-order valence-electron chi connectivity index (χ3n) is 2.99. The summed E-state index contributed by atoms with van der Waals surface area (Å²) < 4.78 is 0. The molecule has 1 fully saturated rings. The minimum Gasteiger partial charge on any atom is -0.480 e. The molecule has 1 atom stereocenters. The number of carboxylic acid groups (broad SMARTS) is 1. The summed E-state index contributed by atoms with van der Waals surface area (Å²) in [5.74, 6) is -1.46. The van der Waals surface area contributed by atoms with Crippen LogP contribution in [-0.2, 0) is 14.4 Å². The molecule has 2 N–H and O–H groups in total. The molecular formula is C12H19N3O4. The van der Waals surface area contributed by atoms with Crippen molar-refractivity contribution in [1.29, 1.82) is 0 Å². The Labute approximate surface area is 111 Å². The van der Waals surface area contributed by atoms with Gasteiger partial charge in [0.25, 0.3) is 0 Å². The summed E-state index contributed by atoms with van der Waals surface area (Å²) in [5.41, 5.74) is 0. The fourth-order valence-electron chi connectivity index (χ4n) is 1.94. The second-order valence-corrected chi connectivity index (χ2v) is 4.39. The Morgan fingerprint density at radius 3 is 2.74 bits per heavy atom. The molecule has 1 rings (SSSR count). The number of nitrogens with zero attached hydrogens (tertiary/aromatic N) is 2. The molecule has 19 heavy (non-hydrogen) atoms. The lowest BCUT2D eigenvalue weighted by molar-refractivity contribution is -0.150. The van der Waals surface area contributed by atoms with Gasteiger partial charge in [-0.05, 0) is 6.92 Å². The molecule has 2 amide bonds. The summed E-state index contributed by atoms with van der Waals surface area (Å²) >= 11 is 0. The zero-order valence-corrected chi connectivity index (χ0v) is 11.0. The Hall–Kier alpha value is -1.89. The average Bonchev–Trinajstić information content (AvgIpc) is 2.35. The van der Waals surface area contributed by atoms with Crippen LogP contribution in [0.1, 0.15) is 6.92 Å². The molecule has 0 saturated carbocycles. The fraction of sp³-hybridized carbons (Fsp3) is 0.583. The zero-order chi connectivity index (χ0) is 14.4. The van der Waals surface area contributed by atoms with Crippen LogP contribution in [0.2, 0.25) is 0 Å². The topological polar surface area (TPSA) is 90.0 Å². The van der Waals surface area contributed by atoms with E-state index in [0.717, 1.165) is 0 Å². The molecular weight excluding hydrogens is 250 g/mol. The first-order chi connectivity index (χ1) is 8.95. The maximum atomic E-state index is 11.9. The monoisotopic (exact) mass is 269 g/mol. The van der Waals surface area contributed by atoms with Crippen LogP contribution in [0.4, 0.5) is 0 Å². The van der Waals surface area contributed by atoms with Gasteiger partial charge in [0.1, 0.15) is 6.54 Å². The molecule has 0 aliphatic carbocycles. The van der Waals surface area contributed by atoms with Crippen LogP contribution < -0.4 is 5.32 Å². The second-order valence-electron chi connectivity index (χ2n) is 4.39. The Morgan fingerprint density at radius 1 is 1.47 bits per heavy atom. The number of amides is 2. The first-order valence-electron chi connectivity index (χ1n) is 6.08. The smallest absolute Gasteiger partial charge is 0.323 e. The molecule has 0 spiro atoms. The van der Waals surface area contributed by atoms with Crippen molar-refractivity contribution in [1.82, 2.24) is 15.1 Å². The third kappa shape index (κ3) is 4.36. The lowest BCUT2D eigenvalue weighted by Crippen LogP contribution is -2.58. The first kappa shape index (κ1) is 15.2. The highest BCUT2D eigenvalue weighted by molar-refractivity contribution is 5.86. The van der Waals surface area contributed by atoms with Gasteiger partial charge in [-0.15, -0.1) is 6.58 Å². The second kappa shape index (κ2) is 6.89. The van der Waals surface area contributed by atoms with Crippen LogP contribution in [0.5, 0.6) is 0 Å². The number of piperazine rings is 1. The number of carboxylic acids is 1. The van der Waals surface area contributed by atoms with Crippen LogP contribution in [-0.4, -0.2) is 71.5 Å². The van der Waals surface area contributed by atoms with Gasteiger partial charge in [0.15, 0.2) is 0 Å². The summed E-state index contributed by atoms with van der Waals surface area (Å²) in [4.78, 5) is 37.2. The van der Waals surface area contributed by atoms with Gasteiger partial charge >= 0.3 is 5.97 Å². The number of carbonyl (C=O) groups excluding carboxylic acids is 2. The van der Waals surface area contributed by atoms with Crippen molar-refractivity contribution in [3.05, 3.63) is 12.7 Å². The summed E-state index contributed by atoms with van der Waals surface area (Å²) in [6.45, 7) is 6.21. The predicted molar refractivity (Wildman–Crippen MR) is 68.5 cm³/mol.